The minimum atomic E-state index is -2.61. The van der Waals surface area contributed by atoms with Gasteiger partial charge in [-0.1, -0.05) is 6.07 Å². The number of aromatic nitrogens is 3. The van der Waals surface area contributed by atoms with E-state index in [4.69, 9.17) is 4.74 Å². The lowest BCUT2D eigenvalue weighted by molar-refractivity contribution is -0.115. The topological polar surface area (TPSA) is 109 Å². The summed E-state index contributed by atoms with van der Waals surface area (Å²) in [5, 5.41) is 11.8. The second kappa shape index (κ2) is 9.44. The van der Waals surface area contributed by atoms with Crippen molar-refractivity contribution < 1.29 is 23.1 Å². The fourth-order valence-corrected chi connectivity index (χ4v) is 3.27. The van der Waals surface area contributed by atoms with Crippen LogP contribution in [0.5, 0.6) is 0 Å². The Morgan fingerprint density at radius 1 is 1.34 bits per heavy atom. The Kier molecular flexibility index (Phi) is 6.73. The van der Waals surface area contributed by atoms with Crippen molar-refractivity contribution in [2.24, 2.45) is 0 Å². The third kappa shape index (κ3) is 6.23. The minimum Gasteiger partial charge on any atom is -0.446 e. The largest absolute Gasteiger partial charge is 0.446 e. The zero-order chi connectivity index (χ0) is 20.8. The summed E-state index contributed by atoms with van der Waals surface area (Å²) in [6.07, 6.45) is 0.0358. The predicted molar refractivity (Wildman–Crippen MR) is 101 cm³/mol. The summed E-state index contributed by atoms with van der Waals surface area (Å²) in [4.78, 5) is 27.8. The monoisotopic (exact) mass is 407 g/mol. The fraction of sp³-hybridized carbons (Fsp3) is 0.474. The maximum atomic E-state index is 12.2. The van der Waals surface area contributed by atoms with E-state index in [9.17, 15) is 18.4 Å². The number of amides is 2. The number of aryl methyl sites for hydroxylation is 1. The van der Waals surface area contributed by atoms with Gasteiger partial charge in [-0.3, -0.25) is 14.9 Å². The van der Waals surface area contributed by atoms with E-state index in [1.807, 2.05) is 24.4 Å². The third-order valence-corrected chi connectivity index (χ3v) is 4.70. The molecule has 0 bridgehead atoms. The number of rotatable bonds is 7. The van der Waals surface area contributed by atoms with Crippen LogP contribution in [0.3, 0.4) is 0 Å². The van der Waals surface area contributed by atoms with E-state index in [1.165, 1.54) is 0 Å². The lowest BCUT2D eigenvalue weighted by Gasteiger charge is -2.13. The fourth-order valence-electron chi connectivity index (χ4n) is 3.27. The molecule has 3 N–H and O–H groups in total. The number of hydrogen-bond acceptors (Lipinski definition) is 5. The molecule has 1 unspecified atom stereocenters. The Balaban J connectivity index is 1.46. The summed E-state index contributed by atoms with van der Waals surface area (Å²) in [7, 11) is 0. The highest BCUT2D eigenvalue weighted by Crippen LogP contribution is 2.35. The molecule has 1 fully saturated rings. The SMILES string of the molecule is Cc1ccc(CC(=O)Nc2cc([C@H]3CCC(OC(=O)NCC(F)F)C3)[nH]n2)cn1. The van der Waals surface area contributed by atoms with Crippen molar-refractivity contribution in [2.45, 2.75) is 51.1 Å². The van der Waals surface area contributed by atoms with Gasteiger partial charge in [-0.05, 0) is 37.8 Å². The Labute approximate surface area is 166 Å². The maximum absolute atomic E-state index is 12.2. The van der Waals surface area contributed by atoms with Gasteiger partial charge in [0.05, 0.1) is 13.0 Å². The molecule has 3 rings (SSSR count). The molecule has 0 spiro atoms. The Morgan fingerprint density at radius 3 is 2.90 bits per heavy atom. The number of alkyl carbamates (subject to hydrolysis) is 1. The van der Waals surface area contributed by atoms with Crippen molar-refractivity contribution >= 4 is 17.8 Å². The Bertz CT molecular complexity index is 841. The molecule has 0 aliphatic heterocycles. The highest BCUT2D eigenvalue weighted by molar-refractivity contribution is 5.91. The highest BCUT2D eigenvalue weighted by atomic mass is 19.3. The predicted octanol–water partition coefficient (Wildman–Crippen LogP) is 2.92. The lowest BCUT2D eigenvalue weighted by Crippen LogP contribution is -2.31. The molecule has 0 aromatic carbocycles. The number of alkyl halides is 2. The molecule has 2 heterocycles. The average Bonchev–Trinajstić information content (AvgIpc) is 3.31. The molecular weight excluding hydrogens is 384 g/mol. The average molecular weight is 407 g/mol. The van der Waals surface area contributed by atoms with Gasteiger partial charge in [-0.15, -0.1) is 0 Å². The van der Waals surface area contributed by atoms with Gasteiger partial charge in [0.2, 0.25) is 5.91 Å². The standard InChI is InChI=1S/C19H23F2N5O3/c1-11-2-3-12(9-22-11)6-18(27)24-17-8-15(25-26-17)13-4-5-14(7-13)29-19(28)23-10-16(20)21/h2-3,8-9,13-14,16H,4-7,10H2,1H3,(H,23,28)(H2,24,25,26,27)/t13-,14?/m0/s1. The van der Waals surface area contributed by atoms with E-state index in [2.05, 4.69) is 20.5 Å². The van der Waals surface area contributed by atoms with Crippen LogP contribution in [-0.4, -0.2) is 46.3 Å². The molecule has 2 aromatic heterocycles. The summed E-state index contributed by atoms with van der Waals surface area (Å²) in [5.41, 5.74) is 2.53. The number of halogens is 2. The van der Waals surface area contributed by atoms with Gasteiger partial charge < -0.3 is 15.4 Å². The maximum Gasteiger partial charge on any atom is 0.407 e. The zero-order valence-electron chi connectivity index (χ0n) is 16.0. The summed E-state index contributed by atoms with van der Waals surface area (Å²) in [5.74, 6) is 0.309. The number of carbonyl (C=O) groups is 2. The zero-order valence-corrected chi connectivity index (χ0v) is 16.0. The molecule has 1 aliphatic rings. The van der Waals surface area contributed by atoms with Gasteiger partial charge in [-0.25, -0.2) is 13.6 Å². The number of pyridine rings is 1. The molecular formula is C19H23F2N5O3. The van der Waals surface area contributed by atoms with Crippen LogP contribution in [0.4, 0.5) is 19.4 Å². The number of nitrogens with one attached hydrogen (secondary N) is 3. The minimum absolute atomic E-state index is 0.0855. The number of hydrogen-bond donors (Lipinski definition) is 3. The van der Waals surface area contributed by atoms with Gasteiger partial charge in [0, 0.05) is 29.6 Å². The van der Waals surface area contributed by atoms with Crippen LogP contribution in [0.2, 0.25) is 0 Å². The van der Waals surface area contributed by atoms with Crippen molar-refractivity contribution in [3.63, 3.8) is 0 Å². The van der Waals surface area contributed by atoms with Crippen molar-refractivity contribution in [2.75, 3.05) is 11.9 Å². The van der Waals surface area contributed by atoms with E-state index in [0.717, 1.165) is 23.4 Å². The molecule has 2 amide bonds. The molecule has 2 atom stereocenters. The second-order valence-corrected chi connectivity index (χ2v) is 7.05. The first-order valence-electron chi connectivity index (χ1n) is 9.38. The second-order valence-electron chi connectivity index (χ2n) is 7.05. The first kappa shape index (κ1) is 20.7. The van der Waals surface area contributed by atoms with Crippen molar-refractivity contribution in [3.05, 3.63) is 41.3 Å². The van der Waals surface area contributed by atoms with Crippen LogP contribution in [-0.2, 0) is 16.0 Å². The van der Waals surface area contributed by atoms with Crippen LogP contribution < -0.4 is 10.6 Å². The number of anilines is 1. The third-order valence-electron chi connectivity index (χ3n) is 4.70. The van der Waals surface area contributed by atoms with Crippen molar-refractivity contribution in [3.8, 4) is 0 Å². The van der Waals surface area contributed by atoms with Crippen molar-refractivity contribution in [1.82, 2.24) is 20.5 Å². The van der Waals surface area contributed by atoms with Crippen LogP contribution in [0.15, 0.2) is 24.4 Å². The lowest BCUT2D eigenvalue weighted by atomic mass is 10.0. The van der Waals surface area contributed by atoms with Crippen LogP contribution in [0.25, 0.3) is 0 Å². The number of ether oxygens (including phenoxy) is 1. The summed E-state index contributed by atoms with van der Waals surface area (Å²) >= 11 is 0. The number of aromatic amines is 1. The molecule has 10 heteroatoms. The van der Waals surface area contributed by atoms with Crippen LogP contribution >= 0.6 is 0 Å². The van der Waals surface area contributed by atoms with Gasteiger partial charge >= 0.3 is 6.09 Å². The molecule has 156 valence electrons. The van der Waals surface area contributed by atoms with E-state index >= 15 is 0 Å². The van der Waals surface area contributed by atoms with Crippen LogP contribution in [0, 0.1) is 6.92 Å². The molecule has 8 nitrogen and oxygen atoms in total. The van der Waals surface area contributed by atoms with Crippen LogP contribution in [0.1, 0.15) is 42.1 Å². The van der Waals surface area contributed by atoms with Gasteiger partial charge in [0.15, 0.2) is 5.82 Å². The summed E-state index contributed by atoms with van der Waals surface area (Å²) < 4.78 is 29.4. The van der Waals surface area contributed by atoms with E-state index in [0.29, 0.717) is 18.7 Å². The molecule has 29 heavy (non-hydrogen) atoms. The molecule has 1 aliphatic carbocycles. The first-order chi connectivity index (χ1) is 13.9. The summed E-state index contributed by atoms with van der Waals surface area (Å²) in [6.45, 7) is 1.15. The van der Waals surface area contributed by atoms with E-state index < -0.39 is 19.1 Å². The van der Waals surface area contributed by atoms with Gasteiger partial charge in [0.25, 0.3) is 6.43 Å². The summed E-state index contributed by atoms with van der Waals surface area (Å²) in [6, 6.07) is 5.46. The highest BCUT2D eigenvalue weighted by Gasteiger charge is 2.30. The van der Waals surface area contributed by atoms with E-state index in [1.54, 1.807) is 12.3 Å². The molecule has 0 saturated heterocycles. The molecule has 0 radical (unpaired) electrons. The van der Waals surface area contributed by atoms with Gasteiger partial charge in [0.1, 0.15) is 6.10 Å². The number of H-pyrrole nitrogens is 1. The number of carbonyl (C=O) groups excluding carboxylic acids is 2. The number of nitrogens with zero attached hydrogens (tertiary/aromatic N) is 2. The smallest absolute Gasteiger partial charge is 0.407 e. The first-order valence-corrected chi connectivity index (χ1v) is 9.38. The molecule has 1 saturated carbocycles. The molecule has 2 aromatic rings. The van der Waals surface area contributed by atoms with Gasteiger partial charge in [-0.2, -0.15) is 5.10 Å². The Hall–Kier alpha value is -3.04. The van der Waals surface area contributed by atoms with E-state index in [-0.39, 0.29) is 24.3 Å². The Morgan fingerprint density at radius 2 is 2.17 bits per heavy atom. The normalized spacial score (nSPS) is 18.6. The quantitative estimate of drug-likeness (QED) is 0.654. The van der Waals surface area contributed by atoms with Crippen molar-refractivity contribution in [1.29, 1.82) is 0 Å².